The van der Waals surface area contributed by atoms with Crippen LogP contribution in [-0.4, -0.2) is 18.5 Å². The van der Waals surface area contributed by atoms with Crippen molar-refractivity contribution >= 4 is 11.3 Å². The highest BCUT2D eigenvalue weighted by Gasteiger charge is 2.00. The number of hydrogen-bond donors (Lipinski definition) is 0. The van der Waals surface area contributed by atoms with Gasteiger partial charge in [0.2, 0.25) is 0 Å². The van der Waals surface area contributed by atoms with E-state index in [1.807, 2.05) is 11.3 Å². The minimum absolute atomic E-state index is 1.05. The van der Waals surface area contributed by atoms with Crippen LogP contribution in [0.5, 0.6) is 0 Å². The summed E-state index contributed by atoms with van der Waals surface area (Å²) in [6, 6.07) is 15.0. The zero-order valence-electron chi connectivity index (χ0n) is 10.3. The third-order valence-corrected chi connectivity index (χ3v) is 3.77. The Morgan fingerprint density at radius 1 is 1.06 bits per heavy atom. The molecule has 0 aliphatic carbocycles. The summed E-state index contributed by atoms with van der Waals surface area (Å²) in [5, 5.41) is 2.16. The monoisotopic (exact) mass is 245 g/mol. The van der Waals surface area contributed by atoms with Gasteiger partial charge < -0.3 is 4.90 Å². The minimum Gasteiger partial charge on any atom is -0.302 e. The first kappa shape index (κ1) is 12.3. The molecular formula is C15H19NS. The fraction of sp³-hybridized carbons (Fsp3) is 0.333. The predicted molar refractivity (Wildman–Crippen MR) is 75.4 cm³/mol. The Balaban J connectivity index is 1.69. The number of benzene rings is 1. The lowest BCUT2D eigenvalue weighted by Crippen LogP contribution is -2.19. The van der Waals surface area contributed by atoms with Gasteiger partial charge >= 0.3 is 0 Å². The van der Waals surface area contributed by atoms with Crippen molar-refractivity contribution in [3.05, 3.63) is 58.3 Å². The van der Waals surface area contributed by atoms with Gasteiger partial charge in [-0.25, -0.2) is 0 Å². The molecule has 0 aliphatic rings. The maximum atomic E-state index is 2.39. The zero-order valence-corrected chi connectivity index (χ0v) is 11.1. The molecule has 0 spiro atoms. The predicted octanol–water partition coefficient (Wildman–Crippen LogP) is 3.81. The van der Waals surface area contributed by atoms with E-state index in [0.29, 0.717) is 0 Å². The first-order chi connectivity index (χ1) is 8.34. The highest BCUT2D eigenvalue weighted by molar-refractivity contribution is 7.09. The van der Waals surface area contributed by atoms with Crippen molar-refractivity contribution in [3.63, 3.8) is 0 Å². The van der Waals surface area contributed by atoms with E-state index >= 15 is 0 Å². The van der Waals surface area contributed by atoms with Crippen LogP contribution in [0.25, 0.3) is 0 Å². The van der Waals surface area contributed by atoms with Crippen molar-refractivity contribution in [2.75, 3.05) is 13.6 Å². The Labute approximate surface area is 108 Å². The van der Waals surface area contributed by atoms with Gasteiger partial charge in [0.1, 0.15) is 0 Å². The Kier molecular flexibility index (Phi) is 4.77. The van der Waals surface area contributed by atoms with E-state index in [0.717, 1.165) is 13.1 Å². The van der Waals surface area contributed by atoms with Crippen molar-refractivity contribution in [1.29, 1.82) is 0 Å². The SMILES string of the molecule is CN(CCCc1cccs1)Cc1ccccc1. The van der Waals surface area contributed by atoms with Crippen molar-refractivity contribution in [2.24, 2.45) is 0 Å². The van der Waals surface area contributed by atoms with Gasteiger partial charge in [-0.3, -0.25) is 0 Å². The molecule has 1 aromatic carbocycles. The van der Waals surface area contributed by atoms with Crippen LogP contribution in [-0.2, 0) is 13.0 Å². The quantitative estimate of drug-likeness (QED) is 0.748. The zero-order chi connectivity index (χ0) is 11.9. The Morgan fingerprint density at radius 2 is 1.88 bits per heavy atom. The molecule has 1 nitrogen and oxygen atoms in total. The van der Waals surface area contributed by atoms with Crippen molar-refractivity contribution in [1.82, 2.24) is 4.90 Å². The molecule has 0 N–H and O–H groups in total. The van der Waals surface area contributed by atoms with Gasteiger partial charge in [0.15, 0.2) is 0 Å². The summed E-state index contributed by atoms with van der Waals surface area (Å²) in [7, 11) is 2.20. The molecule has 0 radical (unpaired) electrons. The van der Waals surface area contributed by atoms with Gasteiger partial charge in [-0.15, -0.1) is 11.3 Å². The third kappa shape index (κ3) is 4.33. The maximum absolute atomic E-state index is 2.39. The average molecular weight is 245 g/mol. The van der Waals surface area contributed by atoms with Crippen molar-refractivity contribution in [3.8, 4) is 0 Å². The Morgan fingerprint density at radius 3 is 2.59 bits per heavy atom. The van der Waals surface area contributed by atoms with Gasteiger partial charge in [-0.1, -0.05) is 36.4 Å². The van der Waals surface area contributed by atoms with Gasteiger partial charge in [-0.05, 0) is 43.4 Å². The van der Waals surface area contributed by atoms with E-state index in [1.54, 1.807) is 0 Å². The number of thiophene rings is 1. The molecule has 0 saturated carbocycles. The second kappa shape index (κ2) is 6.58. The Bertz CT molecular complexity index is 408. The molecule has 0 atom stereocenters. The van der Waals surface area contributed by atoms with Crippen LogP contribution in [0.1, 0.15) is 16.9 Å². The standard InChI is InChI=1S/C15H19NS/c1-16(13-14-7-3-2-4-8-14)11-5-9-15-10-6-12-17-15/h2-4,6-8,10,12H,5,9,11,13H2,1H3. The Hall–Kier alpha value is -1.12. The van der Waals surface area contributed by atoms with Crippen LogP contribution in [0.2, 0.25) is 0 Å². The summed E-state index contributed by atoms with van der Waals surface area (Å²) < 4.78 is 0. The molecule has 0 unspecified atom stereocenters. The van der Waals surface area contributed by atoms with Crippen LogP contribution in [0.3, 0.4) is 0 Å². The normalized spacial score (nSPS) is 10.9. The van der Waals surface area contributed by atoms with E-state index in [1.165, 1.54) is 23.3 Å². The van der Waals surface area contributed by atoms with Crippen LogP contribution in [0, 0.1) is 0 Å². The molecule has 0 saturated heterocycles. The van der Waals surface area contributed by atoms with E-state index in [2.05, 4.69) is 59.8 Å². The van der Waals surface area contributed by atoms with Crippen molar-refractivity contribution in [2.45, 2.75) is 19.4 Å². The summed E-state index contributed by atoms with van der Waals surface area (Å²) in [5.74, 6) is 0. The van der Waals surface area contributed by atoms with E-state index in [4.69, 9.17) is 0 Å². The average Bonchev–Trinajstić information content (AvgIpc) is 2.83. The topological polar surface area (TPSA) is 3.24 Å². The molecule has 0 fully saturated rings. The van der Waals surface area contributed by atoms with E-state index < -0.39 is 0 Å². The fourth-order valence-corrected chi connectivity index (χ4v) is 2.70. The maximum Gasteiger partial charge on any atom is 0.0230 e. The summed E-state index contributed by atoms with van der Waals surface area (Å²) in [6.45, 7) is 2.21. The third-order valence-electron chi connectivity index (χ3n) is 2.84. The second-order valence-corrected chi connectivity index (χ2v) is 5.44. The summed E-state index contributed by atoms with van der Waals surface area (Å²) in [5.41, 5.74) is 1.39. The molecule has 1 heterocycles. The largest absolute Gasteiger partial charge is 0.302 e. The number of nitrogens with zero attached hydrogens (tertiary/aromatic N) is 1. The number of aryl methyl sites for hydroxylation is 1. The van der Waals surface area contributed by atoms with E-state index in [-0.39, 0.29) is 0 Å². The van der Waals surface area contributed by atoms with Gasteiger partial charge in [0.05, 0.1) is 0 Å². The highest BCUT2D eigenvalue weighted by atomic mass is 32.1. The lowest BCUT2D eigenvalue weighted by atomic mass is 10.2. The highest BCUT2D eigenvalue weighted by Crippen LogP contribution is 2.11. The molecule has 90 valence electrons. The molecule has 2 heteroatoms. The molecular weight excluding hydrogens is 226 g/mol. The summed E-state index contributed by atoms with van der Waals surface area (Å²) in [6.07, 6.45) is 2.45. The first-order valence-corrected chi connectivity index (χ1v) is 6.97. The van der Waals surface area contributed by atoms with Gasteiger partial charge in [0, 0.05) is 11.4 Å². The van der Waals surface area contributed by atoms with Gasteiger partial charge in [-0.2, -0.15) is 0 Å². The van der Waals surface area contributed by atoms with E-state index in [9.17, 15) is 0 Å². The minimum atomic E-state index is 1.05. The fourth-order valence-electron chi connectivity index (χ4n) is 1.95. The lowest BCUT2D eigenvalue weighted by molar-refractivity contribution is 0.322. The lowest BCUT2D eigenvalue weighted by Gasteiger charge is -2.16. The van der Waals surface area contributed by atoms with Crippen LogP contribution < -0.4 is 0 Å². The summed E-state index contributed by atoms with van der Waals surface area (Å²) >= 11 is 1.86. The van der Waals surface area contributed by atoms with Crippen molar-refractivity contribution < 1.29 is 0 Å². The smallest absolute Gasteiger partial charge is 0.0230 e. The second-order valence-electron chi connectivity index (χ2n) is 4.41. The van der Waals surface area contributed by atoms with Crippen LogP contribution in [0.4, 0.5) is 0 Å². The molecule has 17 heavy (non-hydrogen) atoms. The molecule has 2 rings (SSSR count). The van der Waals surface area contributed by atoms with Gasteiger partial charge in [0.25, 0.3) is 0 Å². The first-order valence-electron chi connectivity index (χ1n) is 6.09. The summed E-state index contributed by atoms with van der Waals surface area (Å²) in [4.78, 5) is 3.89. The molecule has 2 aromatic rings. The molecule has 1 aromatic heterocycles. The molecule has 0 amide bonds. The number of rotatable bonds is 6. The molecule has 0 bridgehead atoms. The molecule has 0 aliphatic heterocycles. The van der Waals surface area contributed by atoms with Crippen LogP contribution >= 0.6 is 11.3 Å². The van der Waals surface area contributed by atoms with Crippen LogP contribution in [0.15, 0.2) is 47.8 Å². The number of hydrogen-bond acceptors (Lipinski definition) is 2.